The van der Waals surface area contributed by atoms with Crippen molar-refractivity contribution in [2.75, 3.05) is 13.1 Å². The molecule has 3 heteroatoms. The Labute approximate surface area is 110 Å². The molecule has 3 nitrogen and oxygen atoms in total. The molecule has 0 bridgehead atoms. The average molecular weight is 248 g/mol. The van der Waals surface area contributed by atoms with Gasteiger partial charge in [0.1, 0.15) is 0 Å². The Hall–Kier alpha value is -1.35. The SMILES string of the molecule is CC(CCNCC(C)(C)C(N)=O)c1ccccc1. The zero-order valence-electron chi connectivity index (χ0n) is 11.6. The molecule has 0 heterocycles. The van der Waals surface area contributed by atoms with Gasteiger partial charge in [-0.1, -0.05) is 37.3 Å². The summed E-state index contributed by atoms with van der Waals surface area (Å²) >= 11 is 0. The van der Waals surface area contributed by atoms with Crippen molar-refractivity contribution in [3.63, 3.8) is 0 Å². The Bertz CT molecular complexity index is 373. The molecule has 100 valence electrons. The fourth-order valence-electron chi connectivity index (χ4n) is 1.75. The number of carbonyl (C=O) groups is 1. The van der Waals surface area contributed by atoms with Crippen LogP contribution in [0.3, 0.4) is 0 Å². The van der Waals surface area contributed by atoms with Crippen LogP contribution >= 0.6 is 0 Å². The topological polar surface area (TPSA) is 55.1 Å². The maximum absolute atomic E-state index is 11.2. The lowest BCUT2D eigenvalue weighted by atomic mass is 9.92. The van der Waals surface area contributed by atoms with Crippen molar-refractivity contribution in [3.05, 3.63) is 35.9 Å². The molecule has 0 spiro atoms. The molecule has 1 amide bonds. The van der Waals surface area contributed by atoms with Gasteiger partial charge in [0.2, 0.25) is 5.91 Å². The first-order chi connectivity index (χ1) is 8.43. The second-order valence-corrected chi connectivity index (χ2v) is 5.53. The van der Waals surface area contributed by atoms with Gasteiger partial charge in [-0.25, -0.2) is 0 Å². The molecule has 1 unspecified atom stereocenters. The van der Waals surface area contributed by atoms with Gasteiger partial charge in [0.15, 0.2) is 0 Å². The van der Waals surface area contributed by atoms with Crippen LogP contribution < -0.4 is 11.1 Å². The second kappa shape index (κ2) is 6.55. The van der Waals surface area contributed by atoms with E-state index in [2.05, 4.69) is 36.5 Å². The molecular formula is C15H24N2O. The fraction of sp³-hybridized carbons (Fsp3) is 0.533. The molecule has 0 fully saturated rings. The van der Waals surface area contributed by atoms with Gasteiger partial charge in [0, 0.05) is 6.54 Å². The third-order valence-electron chi connectivity index (χ3n) is 3.36. The number of nitrogens with one attached hydrogen (secondary N) is 1. The number of amides is 1. The largest absolute Gasteiger partial charge is 0.369 e. The van der Waals surface area contributed by atoms with Crippen molar-refractivity contribution in [2.45, 2.75) is 33.1 Å². The van der Waals surface area contributed by atoms with E-state index in [1.54, 1.807) is 0 Å². The van der Waals surface area contributed by atoms with Crippen LogP contribution in [0, 0.1) is 5.41 Å². The van der Waals surface area contributed by atoms with E-state index >= 15 is 0 Å². The molecule has 1 aromatic rings. The predicted molar refractivity (Wildman–Crippen MR) is 75.3 cm³/mol. The van der Waals surface area contributed by atoms with Gasteiger partial charge in [0.05, 0.1) is 5.41 Å². The lowest BCUT2D eigenvalue weighted by molar-refractivity contribution is -0.125. The maximum atomic E-state index is 11.2. The quantitative estimate of drug-likeness (QED) is 0.727. The third-order valence-corrected chi connectivity index (χ3v) is 3.36. The molecule has 3 N–H and O–H groups in total. The lowest BCUT2D eigenvalue weighted by Crippen LogP contribution is -2.40. The molecule has 0 radical (unpaired) electrons. The number of nitrogens with two attached hydrogens (primary N) is 1. The van der Waals surface area contributed by atoms with Gasteiger partial charge in [-0.15, -0.1) is 0 Å². The molecule has 18 heavy (non-hydrogen) atoms. The summed E-state index contributed by atoms with van der Waals surface area (Å²) in [7, 11) is 0. The molecule has 0 aliphatic heterocycles. The highest BCUT2D eigenvalue weighted by molar-refractivity contribution is 5.80. The van der Waals surface area contributed by atoms with E-state index < -0.39 is 5.41 Å². The predicted octanol–water partition coefficient (Wildman–Crippen LogP) is 2.28. The summed E-state index contributed by atoms with van der Waals surface area (Å²) in [5, 5.41) is 3.31. The average Bonchev–Trinajstić information content (AvgIpc) is 2.35. The summed E-state index contributed by atoms with van der Waals surface area (Å²) < 4.78 is 0. The van der Waals surface area contributed by atoms with Crippen LogP contribution in [0.4, 0.5) is 0 Å². The lowest BCUT2D eigenvalue weighted by Gasteiger charge is -2.21. The highest BCUT2D eigenvalue weighted by Crippen LogP contribution is 2.18. The number of hydrogen-bond donors (Lipinski definition) is 2. The van der Waals surface area contributed by atoms with Crippen LogP contribution in [-0.2, 0) is 4.79 Å². The molecule has 0 aliphatic rings. The Morgan fingerprint density at radius 3 is 2.50 bits per heavy atom. The third kappa shape index (κ3) is 4.49. The summed E-state index contributed by atoms with van der Waals surface area (Å²) in [4.78, 5) is 11.2. The van der Waals surface area contributed by atoms with E-state index in [1.165, 1.54) is 5.56 Å². The number of rotatable bonds is 7. The van der Waals surface area contributed by atoms with Crippen LogP contribution in [0.1, 0.15) is 38.7 Å². The Morgan fingerprint density at radius 1 is 1.33 bits per heavy atom. The molecule has 1 rings (SSSR count). The van der Waals surface area contributed by atoms with E-state index in [0.717, 1.165) is 13.0 Å². The van der Waals surface area contributed by atoms with Crippen molar-refractivity contribution >= 4 is 5.91 Å². The minimum atomic E-state index is -0.476. The smallest absolute Gasteiger partial charge is 0.224 e. The van der Waals surface area contributed by atoms with Crippen LogP contribution in [0.25, 0.3) is 0 Å². The zero-order chi connectivity index (χ0) is 13.6. The fourth-order valence-corrected chi connectivity index (χ4v) is 1.75. The summed E-state index contributed by atoms with van der Waals surface area (Å²) in [5.74, 6) is 0.265. The molecule has 0 saturated carbocycles. The Kier molecular flexibility index (Phi) is 5.35. The summed E-state index contributed by atoms with van der Waals surface area (Å²) in [6, 6.07) is 10.5. The first kappa shape index (κ1) is 14.7. The van der Waals surface area contributed by atoms with E-state index in [4.69, 9.17) is 5.73 Å². The molecule has 0 aromatic heterocycles. The van der Waals surface area contributed by atoms with Crippen LogP contribution in [0.15, 0.2) is 30.3 Å². The van der Waals surface area contributed by atoms with E-state index in [1.807, 2.05) is 19.9 Å². The summed E-state index contributed by atoms with van der Waals surface area (Å²) in [6.45, 7) is 7.47. The molecule has 0 saturated heterocycles. The minimum absolute atomic E-state index is 0.258. The van der Waals surface area contributed by atoms with Gasteiger partial charge in [-0.2, -0.15) is 0 Å². The molecule has 0 aliphatic carbocycles. The van der Waals surface area contributed by atoms with Gasteiger partial charge in [-0.3, -0.25) is 4.79 Å². The molecule has 1 aromatic carbocycles. The number of carbonyl (C=O) groups excluding carboxylic acids is 1. The van der Waals surface area contributed by atoms with Crippen LogP contribution in [0.5, 0.6) is 0 Å². The minimum Gasteiger partial charge on any atom is -0.369 e. The van der Waals surface area contributed by atoms with Gasteiger partial charge in [-0.05, 0) is 38.3 Å². The first-order valence-corrected chi connectivity index (χ1v) is 6.49. The Morgan fingerprint density at radius 2 is 1.94 bits per heavy atom. The summed E-state index contributed by atoms with van der Waals surface area (Å²) in [6.07, 6.45) is 1.05. The van der Waals surface area contributed by atoms with Crippen LogP contribution in [0.2, 0.25) is 0 Å². The second-order valence-electron chi connectivity index (χ2n) is 5.53. The normalized spacial score (nSPS) is 13.3. The number of hydrogen-bond acceptors (Lipinski definition) is 2. The van der Waals surface area contributed by atoms with Crippen molar-refractivity contribution < 1.29 is 4.79 Å². The number of benzene rings is 1. The van der Waals surface area contributed by atoms with E-state index in [0.29, 0.717) is 12.5 Å². The van der Waals surface area contributed by atoms with Gasteiger partial charge in [0.25, 0.3) is 0 Å². The van der Waals surface area contributed by atoms with Crippen molar-refractivity contribution in [2.24, 2.45) is 11.1 Å². The summed E-state index contributed by atoms with van der Waals surface area (Å²) in [5.41, 5.74) is 6.20. The highest BCUT2D eigenvalue weighted by atomic mass is 16.1. The molecular weight excluding hydrogens is 224 g/mol. The highest BCUT2D eigenvalue weighted by Gasteiger charge is 2.23. The molecule has 1 atom stereocenters. The van der Waals surface area contributed by atoms with Crippen LogP contribution in [-0.4, -0.2) is 19.0 Å². The van der Waals surface area contributed by atoms with Crippen molar-refractivity contribution in [1.29, 1.82) is 0 Å². The van der Waals surface area contributed by atoms with Crippen molar-refractivity contribution in [1.82, 2.24) is 5.32 Å². The van der Waals surface area contributed by atoms with E-state index in [-0.39, 0.29) is 5.91 Å². The number of primary amides is 1. The maximum Gasteiger partial charge on any atom is 0.224 e. The monoisotopic (exact) mass is 248 g/mol. The van der Waals surface area contributed by atoms with Gasteiger partial charge < -0.3 is 11.1 Å². The standard InChI is InChI=1S/C15H24N2O/c1-12(13-7-5-4-6-8-13)9-10-17-11-15(2,3)14(16)18/h4-8,12,17H,9-11H2,1-3H3,(H2,16,18). The van der Waals surface area contributed by atoms with Crippen molar-refractivity contribution in [3.8, 4) is 0 Å². The van der Waals surface area contributed by atoms with Gasteiger partial charge >= 0.3 is 0 Å². The first-order valence-electron chi connectivity index (χ1n) is 6.49. The zero-order valence-corrected chi connectivity index (χ0v) is 11.6. The Balaban J connectivity index is 2.29. The van der Waals surface area contributed by atoms with E-state index in [9.17, 15) is 4.79 Å².